The second-order valence-corrected chi connectivity index (χ2v) is 5.85. The maximum absolute atomic E-state index is 12.9. The van der Waals surface area contributed by atoms with Crippen molar-refractivity contribution in [3.63, 3.8) is 0 Å². The highest BCUT2D eigenvalue weighted by molar-refractivity contribution is 5.93. The number of aromatic nitrogens is 4. The summed E-state index contributed by atoms with van der Waals surface area (Å²) < 4.78 is 38.6. The van der Waals surface area contributed by atoms with Crippen molar-refractivity contribution in [3.05, 3.63) is 72.8 Å². The molecule has 9 heteroatoms. The molecular weight excluding hydrogens is 371 g/mol. The molecule has 3 rings (SSSR count). The number of tetrazole rings is 1. The summed E-state index contributed by atoms with van der Waals surface area (Å²) in [6.45, 7) is 3.73. The van der Waals surface area contributed by atoms with E-state index in [1.165, 1.54) is 17.0 Å². The van der Waals surface area contributed by atoms with E-state index in [2.05, 4.69) is 22.0 Å². The first-order valence-electron chi connectivity index (χ1n) is 8.30. The fourth-order valence-electron chi connectivity index (χ4n) is 2.55. The SMILES string of the molecule is C=CCN(C(=O)Cn1nnc(-c2cccc(C(F)(F)F)c2)n1)c1ccccc1. The third-order valence-electron chi connectivity index (χ3n) is 3.86. The molecular formula is C19H16F3N5O. The third-order valence-corrected chi connectivity index (χ3v) is 3.86. The molecule has 0 radical (unpaired) electrons. The van der Waals surface area contributed by atoms with Gasteiger partial charge >= 0.3 is 6.18 Å². The molecule has 0 unspecified atom stereocenters. The number of anilines is 1. The van der Waals surface area contributed by atoms with E-state index in [-0.39, 0.29) is 30.4 Å². The van der Waals surface area contributed by atoms with Crippen LogP contribution >= 0.6 is 0 Å². The van der Waals surface area contributed by atoms with E-state index in [1.807, 2.05) is 6.07 Å². The second-order valence-electron chi connectivity index (χ2n) is 5.85. The Hall–Kier alpha value is -3.49. The van der Waals surface area contributed by atoms with E-state index < -0.39 is 11.7 Å². The zero-order valence-corrected chi connectivity index (χ0v) is 14.7. The largest absolute Gasteiger partial charge is 0.416 e. The van der Waals surface area contributed by atoms with Gasteiger partial charge in [0.1, 0.15) is 6.54 Å². The van der Waals surface area contributed by atoms with Crippen molar-refractivity contribution in [2.45, 2.75) is 12.7 Å². The fourth-order valence-corrected chi connectivity index (χ4v) is 2.55. The number of para-hydroxylation sites is 1. The predicted molar refractivity (Wildman–Crippen MR) is 97.2 cm³/mol. The first-order valence-corrected chi connectivity index (χ1v) is 8.30. The molecule has 28 heavy (non-hydrogen) atoms. The molecule has 6 nitrogen and oxygen atoms in total. The van der Waals surface area contributed by atoms with Gasteiger partial charge in [0, 0.05) is 17.8 Å². The molecule has 0 aliphatic heterocycles. The minimum absolute atomic E-state index is 0.00822. The Kier molecular flexibility index (Phi) is 5.53. The first-order chi connectivity index (χ1) is 13.4. The number of hydrogen-bond acceptors (Lipinski definition) is 4. The number of halogens is 3. The standard InChI is InChI=1S/C19H16F3N5O/c1-2-11-26(16-9-4-3-5-10-16)17(28)13-27-24-18(23-25-27)14-7-6-8-15(12-14)19(20,21)22/h2-10,12H,1,11,13H2. The molecule has 0 atom stereocenters. The van der Waals surface area contributed by atoms with Gasteiger partial charge in [-0.1, -0.05) is 36.4 Å². The lowest BCUT2D eigenvalue weighted by atomic mass is 10.1. The minimum atomic E-state index is -4.47. The second kappa shape index (κ2) is 8.03. The summed E-state index contributed by atoms with van der Waals surface area (Å²) in [7, 11) is 0. The monoisotopic (exact) mass is 387 g/mol. The van der Waals surface area contributed by atoms with Gasteiger partial charge in [-0.05, 0) is 29.5 Å². The molecule has 1 amide bonds. The molecule has 0 spiro atoms. The Labute approximate surface area is 158 Å². The highest BCUT2D eigenvalue weighted by atomic mass is 19.4. The lowest BCUT2D eigenvalue weighted by Crippen LogP contribution is -2.34. The zero-order chi connectivity index (χ0) is 20.1. The fraction of sp³-hybridized carbons (Fsp3) is 0.158. The van der Waals surface area contributed by atoms with Crippen LogP contribution in [0.4, 0.5) is 18.9 Å². The number of carbonyl (C=O) groups excluding carboxylic acids is 1. The van der Waals surface area contributed by atoms with Gasteiger partial charge in [-0.2, -0.15) is 18.0 Å². The van der Waals surface area contributed by atoms with Crippen LogP contribution in [-0.4, -0.2) is 32.7 Å². The average Bonchev–Trinajstić information content (AvgIpc) is 3.14. The van der Waals surface area contributed by atoms with Gasteiger partial charge < -0.3 is 4.90 Å². The first kappa shape index (κ1) is 19.3. The number of hydrogen-bond donors (Lipinski definition) is 0. The van der Waals surface area contributed by atoms with Crippen molar-refractivity contribution in [1.82, 2.24) is 20.2 Å². The van der Waals surface area contributed by atoms with Crippen molar-refractivity contribution < 1.29 is 18.0 Å². The number of nitrogens with zero attached hydrogens (tertiary/aromatic N) is 5. The molecule has 0 aliphatic carbocycles. The van der Waals surface area contributed by atoms with Gasteiger partial charge in [-0.3, -0.25) is 4.79 Å². The van der Waals surface area contributed by atoms with Crippen LogP contribution in [-0.2, 0) is 17.5 Å². The number of benzene rings is 2. The average molecular weight is 387 g/mol. The number of carbonyl (C=O) groups is 1. The van der Waals surface area contributed by atoms with Crippen molar-refractivity contribution in [2.24, 2.45) is 0 Å². The van der Waals surface area contributed by atoms with E-state index in [0.29, 0.717) is 5.69 Å². The van der Waals surface area contributed by atoms with Crippen LogP contribution in [0.1, 0.15) is 5.56 Å². The van der Waals surface area contributed by atoms with Gasteiger partial charge in [0.25, 0.3) is 5.91 Å². The van der Waals surface area contributed by atoms with E-state index in [9.17, 15) is 18.0 Å². The molecule has 0 fully saturated rings. The van der Waals surface area contributed by atoms with Gasteiger partial charge in [0.15, 0.2) is 0 Å². The molecule has 0 N–H and O–H groups in total. The summed E-state index contributed by atoms with van der Waals surface area (Å²) in [5.74, 6) is -0.298. The summed E-state index contributed by atoms with van der Waals surface area (Å²) in [6.07, 6.45) is -2.88. The highest BCUT2D eigenvalue weighted by Gasteiger charge is 2.30. The van der Waals surface area contributed by atoms with Crippen molar-refractivity contribution in [1.29, 1.82) is 0 Å². The van der Waals surface area contributed by atoms with Crippen LogP contribution in [0.25, 0.3) is 11.4 Å². The van der Waals surface area contributed by atoms with Crippen LogP contribution in [0.15, 0.2) is 67.3 Å². The van der Waals surface area contributed by atoms with E-state index in [4.69, 9.17) is 0 Å². The highest BCUT2D eigenvalue weighted by Crippen LogP contribution is 2.31. The van der Waals surface area contributed by atoms with Crippen LogP contribution in [0.5, 0.6) is 0 Å². The van der Waals surface area contributed by atoms with Gasteiger partial charge in [0.2, 0.25) is 5.82 Å². The molecule has 144 valence electrons. The molecule has 2 aromatic carbocycles. The van der Waals surface area contributed by atoms with Gasteiger partial charge in [-0.15, -0.1) is 16.8 Å². The van der Waals surface area contributed by atoms with Gasteiger partial charge in [0.05, 0.1) is 5.56 Å². The summed E-state index contributed by atoms with van der Waals surface area (Å²) in [4.78, 5) is 15.2. The summed E-state index contributed by atoms with van der Waals surface area (Å²) in [5, 5.41) is 11.6. The Bertz CT molecular complexity index is 969. The Morgan fingerprint density at radius 1 is 1.14 bits per heavy atom. The maximum atomic E-state index is 12.9. The zero-order valence-electron chi connectivity index (χ0n) is 14.7. The number of alkyl halides is 3. The van der Waals surface area contributed by atoms with Crippen molar-refractivity contribution in [2.75, 3.05) is 11.4 Å². The molecule has 0 aliphatic rings. The molecule has 0 saturated carbocycles. The Balaban J connectivity index is 1.79. The molecule has 1 aromatic heterocycles. The lowest BCUT2D eigenvalue weighted by molar-refractivity contribution is -0.137. The smallest absolute Gasteiger partial charge is 0.307 e. The summed E-state index contributed by atoms with van der Waals surface area (Å²) in [6, 6.07) is 13.6. The van der Waals surface area contributed by atoms with Crippen LogP contribution < -0.4 is 4.90 Å². The van der Waals surface area contributed by atoms with Crippen LogP contribution in [0, 0.1) is 0 Å². The van der Waals surface area contributed by atoms with E-state index >= 15 is 0 Å². The summed E-state index contributed by atoms with van der Waals surface area (Å²) in [5.41, 5.74) is 0.0452. The van der Waals surface area contributed by atoms with Crippen LogP contribution in [0.2, 0.25) is 0 Å². The Morgan fingerprint density at radius 2 is 1.89 bits per heavy atom. The number of rotatable bonds is 6. The van der Waals surface area contributed by atoms with Crippen molar-refractivity contribution >= 4 is 11.6 Å². The van der Waals surface area contributed by atoms with Gasteiger partial charge in [-0.25, -0.2) is 0 Å². The topological polar surface area (TPSA) is 63.9 Å². The van der Waals surface area contributed by atoms with E-state index in [0.717, 1.165) is 16.9 Å². The molecule has 3 aromatic rings. The molecule has 0 saturated heterocycles. The predicted octanol–water partition coefficient (Wildman–Crippen LogP) is 3.58. The lowest BCUT2D eigenvalue weighted by Gasteiger charge is -2.20. The van der Waals surface area contributed by atoms with Crippen LogP contribution in [0.3, 0.4) is 0 Å². The molecule has 1 heterocycles. The summed E-state index contributed by atoms with van der Waals surface area (Å²) >= 11 is 0. The maximum Gasteiger partial charge on any atom is 0.416 e. The van der Waals surface area contributed by atoms with E-state index in [1.54, 1.807) is 30.3 Å². The minimum Gasteiger partial charge on any atom is -0.307 e. The third kappa shape index (κ3) is 4.43. The number of amides is 1. The Morgan fingerprint density at radius 3 is 2.57 bits per heavy atom. The molecule has 0 bridgehead atoms. The quantitative estimate of drug-likeness (QED) is 0.607. The normalized spacial score (nSPS) is 11.2. The van der Waals surface area contributed by atoms with Crippen molar-refractivity contribution in [3.8, 4) is 11.4 Å².